The van der Waals surface area contributed by atoms with Gasteiger partial charge in [0.25, 0.3) is 5.91 Å². The minimum Gasteiger partial charge on any atom is -0.331 e. The maximum atomic E-state index is 12.4. The standard InChI is InChI=1S/C12H20N4O/c1-12(2,13)9-5-4-7-16(9)11(17)10-14-6-8-15(10)3/h6,8-9H,4-5,7,13H2,1-3H3/t9-/m0/s1. The highest BCUT2D eigenvalue weighted by atomic mass is 16.2. The Balaban J connectivity index is 2.23. The molecule has 0 bridgehead atoms. The van der Waals surface area contributed by atoms with Crippen molar-refractivity contribution in [3.8, 4) is 0 Å². The molecule has 1 aromatic heterocycles. The maximum Gasteiger partial charge on any atom is 0.290 e. The largest absolute Gasteiger partial charge is 0.331 e. The summed E-state index contributed by atoms with van der Waals surface area (Å²) < 4.78 is 1.75. The molecule has 1 aliphatic heterocycles. The summed E-state index contributed by atoms with van der Waals surface area (Å²) in [6.45, 7) is 4.72. The van der Waals surface area contributed by atoms with Crippen LogP contribution in [-0.2, 0) is 7.05 Å². The predicted molar refractivity (Wildman–Crippen MR) is 65.5 cm³/mol. The summed E-state index contributed by atoms with van der Waals surface area (Å²) in [6.07, 6.45) is 5.42. The minimum atomic E-state index is -0.364. The van der Waals surface area contributed by atoms with Gasteiger partial charge < -0.3 is 15.2 Å². The molecule has 0 unspecified atom stereocenters. The normalized spacial score (nSPS) is 20.9. The van der Waals surface area contributed by atoms with Crippen molar-refractivity contribution in [1.82, 2.24) is 14.5 Å². The molecule has 2 N–H and O–H groups in total. The third-order valence-electron chi connectivity index (χ3n) is 3.38. The molecule has 0 saturated carbocycles. The van der Waals surface area contributed by atoms with Gasteiger partial charge in [-0.2, -0.15) is 0 Å². The Morgan fingerprint density at radius 3 is 2.82 bits per heavy atom. The van der Waals surface area contributed by atoms with E-state index in [1.807, 2.05) is 25.8 Å². The third-order valence-corrected chi connectivity index (χ3v) is 3.38. The third kappa shape index (κ3) is 2.20. The van der Waals surface area contributed by atoms with E-state index >= 15 is 0 Å². The molecule has 94 valence electrons. The zero-order chi connectivity index (χ0) is 12.6. The van der Waals surface area contributed by atoms with Gasteiger partial charge in [-0.25, -0.2) is 4.98 Å². The van der Waals surface area contributed by atoms with Crippen LogP contribution in [0, 0.1) is 0 Å². The van der Waals surface area contributed by atoms with E-state index in [4.69, 9.17) is 5.73 Å². The quantitative estimate of drug-likeness (QED) is 0.824. The van der Waals surface area contributed by atoms with Crippen LogP contribution >= 0.6 is 0 Å². The summed E-state index contributed by atoms with van der Waals surface area (Å²) in [7, 11) is 1.83. The van der Waals surface area contributed by atoms with Crippen molar-refractivity contribution in [3.63, 3.8) is 0 Å². The molecule has 17 heavy (non-hydrogen) atoms. The van der Waals surface area contributed by atoms with Crippen LogP contribution in [0.4, 0.5) is 0 Å². The molecule has 5 nitrogen and oxygen atoms in total. The Morgan fingerprint density at radius 1 is 1.59 bits per heavy atom. The molecule has 1 atom stereocenters. The highest BCUT2D eigenvalue weighted by molar-refractivity contribution is 5.91. The molecule has 1 saturated heterocycles. The Morgan fingerprint density at radius 2 is 2.29 bits per heavy atom. The first kappa shape index (κ1) is 12.1. The lowest BCUT2D eigenvalue weighted by Gasteiger charge is -2.34. The summed E-state index contributed by atoms with van der Waals surface area (Å²) >= 11 is 0. The minimum absolute atomic E-state index is 0.0153. The summed E-state index contributed by atoms with van der Waals surface area (Å²) in [6, 6.07) is 0.103. The topological polar surface area (TPSA) is 64.2 Å². The molecule has 1 aromatic rings. The number of amides is 1. The number of nitrogens with two attached hydrogens (primary N) is 1. The molecule has 1 fully saturated rings. The maximum absolute atomic E-state index is 12.4. The van der Waals surface area contributed by atoms with Gasteiger partial charge in [0.1, 0.15) is 0 Å². The van der Waals surface area contributed by atoms with Crippen LogP contribution in [0.25, 0.3) is 0 Å². The average Bonchev–Trinajstić information content (AvgIpc) is 2.82. The summed E-state index contributed by atoms with van der Waals surface area (Å²) in [4.78, 5) is 18.3. The van der Waals surface area contributed by atoms with Crippen molar-refractivity contribution in [3.05, 3.63) is 18.2 Å². The lowest BCUT2D eigenvalue weighted by atomic mass is 9.94. The predicted octanol–water partition coefficient (Wildman–Crippen LogP) is 0.762. The number of carbonyl (C=O) groups is 1. The Bertz CT molecular complexity index is 418. The van der Waals surface area contributed by atoms with Gasteiger partial charge in [-0.05, 0) is 26.7 Å². The van der Waals surface area contributed by atoms with Crippen molar-refractivity contribution in [2.24, 2.45) is 12.8 Å². The van der Waals surface area contributed by atoms with Crippen molar-refractivity contribution < 1.29 is 4.79 Å². The fraction of sp³-hybridized carbons (Fsp3) is 0.667. The Labute approximate surface area is 102 Å². The van der Waals surface area contributed by atoms with Crippen molar-refractivity contribution in [2.45, 2.75) is 38.3 Å². The SMILES string of the molecule is Cn1ccnc1C(=O)N1CCC[C@H]1C(C)(C)N. The van der Waals surface area contributed by atoms with Crippen LogP contribution < -0.4 is 5.73 Å². The number of carbonyl (C=O) groups excluding carboxylic acids is 1. The van der Waals surface area contributed by atoms with Crippen molar-refractivity contribution in [2.75, 3.05) is 6.54 Å². The van der Waals surface area contributed by atoms with Gasteiger partial charge in [-0.3, -0.25) is 4.79 Å². The first-order valence-electron chi connectivity index (χ1n) is 5.98. The van der Waals surface area contributed by atoms with Gasteiger partial charge in [-0.1, -0.05) is 0 Å². The highest BCUT2D eigenvalue weighted by Crippen LogP contribution is 2.26. The second kappa shape index (κ2) is 4.14. The molecular formula is C12H20N4O. The van der Waals surface area contributed by atoms with Gasteiger partial charge in [0.05, 0.1) is 0 Å². The first-order valence-corrected chi connectivity index (χ1v) is 5.98. The van der Waals surface area contributed by atoms with Gasteiger partial charge in [0.15, 0.2) is 5.82 Å². The van der Waals surface area contributed by atoms with E-state index in [1.165, 1.54) is 0 Å². The molecule has 2 heterocycles. The van der Waals surface area contributed by atoms with E-state index in [0.29, 0.717) is 5.82 Å². The van der Waals surface area contributed by atoms with Crippen molar-refractivity contribution in [1.29, 1.82) is 0 Å². The van der Waals surface area contributed by atoms with E-state index in [1.54, 1.807) is 17.0 Å². The molecule has 2 rings (SSSR count). The van der Waals surface area contributed by atoms with Crippen LogP contribution in [-0.4, -0.2) is 38.5 Å². The summed E-state index contributed by atoms with van der Waals surface area (Å²) in [5, 5.41) is 0. The second-order valence-electron chi connectivity index (χ2n) is 5.34. The number of nitrogens with zero attached hydrogens (tertiary/aromatic N) is 3. The number of imidazole rings is 1. The molecule has 0 aromatic carbocycles. The monoisotopic (exact) mass is 236 g/mol. The molecule has 5 heteroatoms. The average molecular weight is 236 g/mol. The van der Waals surface area contributed by atoms with Crippen LogP contribution in [0.5, 0.6) is 0 Å². The molecular weight excluding hydrogens is 216 g/mol. The van der Waals surface area contributed by atoms with Crippen LogP contribution in [0.2, 0.25) is 0 Å². The first-order chi connectivity index (χ1) is 7.91. The molecule has 1 amide bonds. The van der Waals surface area contributed by atoms with Crippen LogP contribution in [0.1, 0.15) is 37.3 Å². The fourth-order valence-corrected chi connectivity index (χ4v) is 2.48. The Kier molecular flexibility index (Phi) is 2.95. The lowest BCUT2D eigenvalue weighted by Crippen LogP contribution is -2.53. The zero-order valence-corrected chi connectivity index (χ0v) is 10.7. The van der Waals surface area contributed by atoms with Gasteiger partial charge in [0, 0.05) is 37.6 Å². The molecule has 0 aliphatic carbocycles. The molecule has 1 aliphatic rings. The highest BCUT2D eigenvalue weighted by Gasteiger charge is 2.38. The van der Waals surface area contributed by atoms with Crippen molar-refractivity contribution >= 4 is 5.91 Å². The smallest absolute Gasteiger partial charge is 0.290 e. The summed E-state index contributed by atoms with van der Waals surface area (Å²) in [5.74, 6) is 0.472. The van der Waals surface area contributed by atoms with E-state index in [0.717, 1.165) is 19.4 Å². The van der Waals surface area contributed by atoms with E-state index < -0.39 is 0 Å². The Hall–Kier alpha value is -1.36. The lowest BCUT2D eigenvalue weighted by molar-refractivity contribution is 0.0665. The molecule has 0 radical (unpaired) electrons. The van der Waals surface area contributed by atoms with Gasteiger partial charge in [0.2, 0.25) is 0 Å². The van der Waals surface area contributed by atoms with E-state index in [-0.39, 0.29) is 17.5 Å². The van der Waals surface area contributed by atoms with E-state index in [9.17, 15) is 4.79 Å². The van der Waals surface area contributed by atoms with Crippen LogP contribution in [0.3, 0.4) is 0 Å². The number of hydrogen-bond acceptors (Lipinski definition) is 3. The second-order valence-corrected chi connectivity index (χ2v) is 5.34. The summed E-state index contributed by atoms with van der Waals surface area (Å²) in [5.41, 5.74) is 5.78. The van der Waals surface area contributed by atoms with Crippen LogP contribution in [0.15, 0.2) is 12.4 Å². The number of aryl methyl sites for hydroxylation is 1. The number of rotatable bonds is 2. The van der Waals surface area contributed by atoms with Gasteiger partial charge in [-0.15, -0.1) is 0 Å². The van der Waals surface area contributed by atoms with E-state index in [2.05, 4.69) is 4.98 Å². The number of hydrogen-bond donors (Lipinski definition) is 1. The van der Waals surface area contributed by atoms with Gasteiger partial charge >= 0.3 is 0 Å². The number of likely N-dealkylation sites (tertiary alicyclic amines) is 1. The molecule has 0 spiro atoms. The fourth-order valence-electron chi connectivity index (χ4n) is 2.48. The zero-order valence-electron chi connectivity index (χ0n) is 10.7. The number of aromatic nitrogens is 2.